The van der Waals surface area contributed by atoms with Crippen LogP contribution in [0.3, 0.4) is 0 Å². The fourth-order valence-electron chi connectivity index (χ4n) is 1.73. The van der Waals surface area contributed by atoms with Gasteiger partial charge in [0.1, 0.15) is 0 Å². The van der Waals surface area contributed by atoms with Crippen molar-refractivity contribution >= 4 is 17.5 Å². The van der Waals surface area contributed by atoms with E-state index < -0.39 is 10.9 Å². The molecular weight excluding hydrogens is 278 g/mol. The molecule has 2 heterocycles. The molecule has 2 N–H and O–H groups in total. The number of pyridine rings is 1. The molecule has 0 aliphatic heterocycles. The maximum Gasteiger partial charge on any atom is 0.337 e. The summed E-state index contributed by atoms with van der Waals surface area (Å²) in [5.41, 5.74) is -0.571. The van der Waals surface area contributed by atoms with Gasteiger partial charge in [0, 0.05) is 37.7 Å². The number of anilines is 1. The summed E-state index contributed by atoms with van der Waals surface area (Å²) in [5.74, 6) is -1.19. The highest BCUT2D eigenvalue weighted by atomic mass is 16.6. The first-order valence-electron chi connectivity index (χ1n) is 6.17. The lowest BCUT2D eigenvalue weighted by atomic mass is 10.2. The zero-order chi connectivity index (χ0) is 15.2. The van der Waals surface area contributed by atoms with Crippen molar-refractivity contribution < 1.29 is 14.8 Å². The molecule has 2 rings (SSSR count). The SMILES string of the molecule is O=C(O)c1cnc(NCCCn2cccn2)c([N+](=O)[O-])c1. The number of carbonyl (C=O) groups is 1. The van der Waals surface area contributed by atoms with Crippen LogP contribution >= 0.6 is 0 Å². The Balaban J connectivity index is 1.98. The molecule has 0 aliphatic carbocycles. The molecule has 2 aromatic heterocycles. The molecule has 0 fully saturated rings. The summed E-state index contributed by atoms with van der Waals surface area (Å²) >= 11 is 0. The Morgan fingerprint density at radius 3 is 2.95 bits per heavy atom. The van der Waals surface area contributed by atoms with E-state index in [0.29, 0.717) is 19.5 Å². The largest absolute Gasteiger partial charge is 0.478 e. The summed E-state index contributed by atoms with van der Waals surface area (Å²) in [6.45, 7) is 1.13. The molecule has 0 radical (unpaired) electrons. The smallest absolute Gasteiger partial charge is 0.337 e. The van der Waals surface area contributed by atoms with E-state index in [2.05, 4.69) is 15.4 Å². The van der Waals surface area contributed by atoms with Crippen LogP contribution in [0.5, 0.6) is 0 Å². The van der Waals surface area contributed by atoms with Crippen molar-refractivity contribution in [1.82, 2.24) is 14.8 Å². The molecule has 0 aliphatic rings. The number of hydrogen-bond acceptors (Lipinski definition) is 6. The summed E-state index contributed by atoms with van der Waals surface area (Å²) in [6, 6.07) is 2.80. The fraction of sp³-hybridized carbons (Fsp3) is 0.250. The Hall–Kier alpha value is -2.97. The van der Waals surface area contributed by atoms with Gasteiger partial charge in [0.05, 0.1) is 10.5 Å². The van der Waals surface area contributed by atoms with Crippen molar-refractivity contribution in [2.75, 3.05) is 11.9 Å². The summed E-state index contributed by atoms with van der Waals surface area (Å²) in [4.78, 5) is 24.9. The van der Waals surface area contributed by atoms with Crippen LogP contribution in [0.2, 0.25) is 0 Å². The lowest BCUT2D eigenvalue weighted by Gasteiger charge is -2.07. The van der Waals surface area contributed by atoms with Gasteiger partial charge in [-0.05, 0) is 12.5 Å². The zero-order valence-corrected chi connectivity index (χ0v) is 11.0. The maximum atomic E-state index is 10.9. The number of carboxylic acid groups (broad SMARTS) is 1. The Bertz CT molecular complexity index is 641. The first-order valence-corrected chi connectivity index (χ1v) is 6.17. The summed E-state index contributed by atoms with van der Waals surface area (Å²) < 4.78 is 1.75. The van der Waals surface area contributed by atoms with Gasteiger partial charge >= 0.3 is 11.7 Å². The molecule has 0 bridgehead atoms. The van der Waals surface area contributed by atoms with Gasteiger partial charge in [0.25, 0.3) is 0 Å². The molecule has 9 heteroatoms. The van der Waals surface area contributed by atoms with E-state index in [1.807, 2.05) is 12.3 Å². The van der Waals surface area contributed by atoms with E-state index in [9.17, 15) is 14.9 Å². The second kappa shape index (κ2) is 6.46. The van der Waals surface area contributed by atoms with Gasteiger partial charge in [0.15, 0.2) is 0 Å². The number of hydrogen-bond donors (Lipinski definition) is 2. The minimum atomic E-state index is -1.25. The van der Waals surface area contributed by atoms with Gasteiger partial charge in [-0.3, -0.25) is 14.8 Å². The van der Waals surface area contributed by atoms with E-state index in [1.165, 1.54) is 0 Å². The molecule has 21 heavy (non-hydrogen) atoms. The third-order valence-corrected chi connectivity index (χ3v) is 2.73. The molecule has 0 aromatic carbocycles. The van der Waals surface area contributed by atoms with E-state index in [4.69, 9.17) is 5.11 Å². The van der Waals surface area contributed by atoms with Crippen molar-refractivity contribution in [1.29, 1.82) is 0 Å². The second-order valence-corrected chi connectivity index (χ2v) is 4.20. The van der Waals surface area contributed by atoms with E-state index in [-0.39, 0.29) is 17.1 Å². The lowest BCUT2D eigenvalue weighted by molar-refractivity contribution is -0.384. The average Bonchev–Trinajstić information content (AvgIpc) is 2.96. The molecule has 0 amide bonds. The Kier molecular flexibility index (Phi) is 4.44. The predicted octanol–water partition coefficient (Wildman–Crippen LogP) is 1.39. The first kappa shape index (κ1) is 14.4. The van der Waals surface area contributed by atoms with Crippen molar-refractivity contribution in [3.8, 4) is 0 Å². The lowest BCUT2D eigenvalue weighted by Crippen LogP contribution is -2.10. The number of nitro groups is 1. The Labute approximate surface area is 119 Å². The molecule has 9 nitrogen and oxygen atoms in total. The topological polar surface area (TPSA) is 123 Å². The van der Waals surface area contributed by atoms with E-state index >= 15 is 0 Å². The fourth-order valence-corrected chi connectivity index (χ4v) is 1.73. The van der Waals surface area contributed by atoms with Gasteiger partial charge in [-0.1, -0.05) is 0 Å². The van der Waals surface area contributed by atoms with Crippen LogP contribution in [0.25, 0.3) is 0 Å². The molecule has 2 aromatic rings. The van der Waals surface area contributed by atoms with Crippen LogP contribution < -0.4 is 5.32 Å². The van der Waals surface area contributed by atoms with Crippen LogP contribution in [0.15, 0.2) is 30.7 Å². The molecule has 0 spiro atoms. The second-order valence-electron chi connectivity index (χ2n) is 4.20. The number of rotatable bonds is 7. The third-order valence-electron chi connectivity index (χ3n) is 2.73. The van der Waals surface area contributed by atoms with Crippen molar-refractivity contribution in [2.45, 2.75) is 13.0 Å². The van der Waals surface area contributed by atoms with Gasteiger partial charge in [0.2, 0.25) is 5.82 Å². The average molecular weight is 291 g/mol. The molecular formula is C12H13N5O4. The number of carboxylic acids is 1. The highest BCUT2D eigenvalue weighted by molar-refractivity contribution is 5.88. The number of aromatic carboxylic acids is 1. The number of aryl methyl sites for hydroxylation is 1. The van der Waals surface area contributed by atoms with Crippen LogP contribution in [0.1, 0.15) is 16.8 Å². The minimum absolute atomic E-state index is 0.0606. The number of nitrogens with one attached hydrogen (secondary N) is 1. The summed E-state index contributed by atoms with van der Waals surface area (Å²) in [7, 11) is 0. The van der Waals surface area contributed by atoms with Gasteiger partial charge in [-0.2, -0.15) is 5.10 Å². The molecule has 0 unspecified atom stereocenters. The van der Waals surface area contributed by atoms with Gasteiger partial charge < -0.3 is 10.4 Å². The van der Waals surface area contributed by atoms with Crippen molar-refractivity contribution in [3.63, 3.8) is 0 Å². The standard InChI is InChI=1S/C12H13N5O4/c18-12(19)9-7-10(17(20)21)11(14-8-9)13-3-1-5-16-6-2-4-15-16/h2,4,6-8H,1,3,5H2,(H,13,14)(H,18,19). The monoisotopic (exact) mass is 291 g/mol. The molecule has 110 valence electrons. The van der Waals surface area contributed by atoms with Crippen LogP contribution in [0, 0.1) is 10.1 Å². The molecule has 0 saturated carbocycles. The number of aromatic nitrogens is 3. The Morgan fingerprint density at radius 1 is 1.52 bits per heavy atom. The highest BCUT2D eigenvalue weighted by Crippen LogP contribution is 2.22. The maximum absolute atomic E-state index is 10.9. The zero-order valence-electron chi connectivity index (χ0n) is 11.0. The van der Waals surface area contributed by atoms with Crippen LogP contribution in [-0.2, 0) is 6.54 Å². The number of nitrogens with zero attached hydrogens (tertiary/aromatic N) is 4. The molecule has 0 atom stereocenters. The molecule has 0 saturated heterocycles. The van der Waals surface area contributed by atoms with Crippen molar-refractivity contribution in [3.05, 3.63) is 46.4 Å². The highest BCUT2D eigenvalue weighted by Gasteiger charge is 2.18. The van der Waals surface area contributed by atoms with Gasteiger partial charge in [-0.25, -0.2) is 9.78 Å². The normalized spacial score (nSPS) is 10.3. The Morgan fingerprint density at radius 2 is 2.33 bits per heavy atom. The van der Waals surface area contributed by atoms with Crippen molar-refractivity contribution in [2.24, 2.45) is 0 Å². The van der Waals surface area contributed by atoms with Gasteiger partial charge in [-0.15, -0.1) is 0 Å². The van der Waals surface area contributed by atoms with Crippen LogP contribution in [-0.4, -0.2) is 37.3 Å². The predicted molar refractivity (Wildman–Crippen MR) is 73.2 cm³/mol. The minimum Gasteiger partial charge on any atom is -0.478 e. The van der Waals surface area contributed by atoms with E-state index in [1.54, 1.807) is 10.9 Å². The summed E-state index contributed by atoms with van der Waals surface area (Å²) in [5, 5.41) is 26.6. The quantitative estimate of drug-likeness (QED) is 0.448. The van der Waals surface area contributed by atoms with Crippen LogP contribution in [0.4, 0.5) is 11.5 Å². The van der Waals surface area contributed by atoms with E-state index in [0.717, 1.165) is 12.3 Å². The third kappa shape index (κ3) is 3.75. The summed E-state index contributed by atoms with van der Waals surface area (Å²) in [6.07, 6.45) is 5.28. The first-order chi connectivity index (χ1) is 10.1.